The number of hydrogen-bond donors (Lipinski definition) is 1. The van der Waals surface area contributed by atoms with E-state index in [1.165, 1.54) is 22.2 Å². The number of oxazole rings is 2. The van der Waals surface area contributed by atoms with Crippen molar-refractivity contribution in [3.63, 3.8) is 0 Å². The van der Waals surface area contributed by atoms with E-state index in [4.69, 9.17) is 37.8 Å². The summed E-state index contributed by atoms with van der Waals surface area (Å²) in [7, 11) is 3.11. The first kappa shape index (κ1) is 19.5. The summed E-state index contributed by atoms with van der Waals surface area (Å²) >= 11 is 11.5. The Bertz CT molecular complexity index is 1350. The summed E-state index contributed by atoms with van der Waals surface area (Å²) < 4.78 is 12.3. The number of nitro groups is 1. The number of aromatic nitrogens is 2. The van der Waals surface area contributed by atoms with E-state index in [-0.39, 0.29) is 16.3 Å². The number of anilines is 1. The number of fused-ring (bicyclic) bond motifs is 2. The lowest BCUT2D eigenvalue weighted by Gasteiger charge is -1.96. The van der Waals surface area contributed by atoms with Gasteiger partial charge >= 0.3 is 11.5 Å². The first-order chi connectivity index (χ1) is 13.1. The zero-order valence-electron chi connectivity index (χ0n) is 14.4. The molecule has 2 N–H and O–H groups in total. The van der Waals surface area contributed by atoms with E-state index >= 15 is 0 Å². The summed E-state index contributed by atoms with van der Waals surface area (Å²) in [5, 5.41) is 10.9. The van der Waals surface area contributed by atoms with Crippen molar-refractivity contribution in [2.24, 2.45) is 14.1 Å². The van der Waals surface area contributed by atoms with Gasteiger partial charge in [0.2, 0.25) is 0 Å². The number of halogens is 2. The average molecular weight is 427 g/mol. The van der Waals surface area contributed by atoms with E-state index in [0.717, 1.165) is 6.07 Å². The van der Waals surface area contributed by atoms with Crippen molar-refractivity contribution < 1.29 is 13.8 Å². The normalized spacial score (nSPS) is 10.9. The van der Waals surface area contributed by atoms with Gasteiger partial charge in [-0.3, -0.25) is 19.2 Å². The van der Waals surface area contributed by atoms with Crippen LogP contribution in [0.15, 0.2) is 42.7 Å². The fourth-order valence-corrected chi connectivity index (χ4v) is 2.82. The van der Waals surface area contributed by atoms with Gasteiger partial charge < -0.3 is 14.6 Å². The van der Waals surface area contributed by atoms with Gasteiger partial charge in [0.05, 0.1) is 32.7 Å². The van der Waals surface area contributed by atoms with Crippen molar-refractivity contribution >= 4 is 56.8 Å². The Morgan fingerprint density at radius 3 is 1.89 bits per heavy atom. The fraction of sp³-hybridized carbons (Fsp3) is 0.125. The molecule has 0 saturated carbocycles. The maximum Gasteiger partial charge on any atom is 0.419 e. The molecule has 2 aromatic carbocycles. The van der Waals surface area contributed by atoms with Crippen molar-refractivity contribution in [2.45, 2.75) is 0 Å². The van der Waals surface area contributed by atoms with Gasteiger partial charge in [0, 0.05) is 20.2 Å². The van der Waals surface area contributed by atoms with Crippen LogP contribution in [0.2, 0.25) is 10.0 Å². The minimum Gasteiger partial charge on any atom is -0.408 e. The molecule has 12 heteroatoms. The van der Waals surface area contributed by atoms with Crippen molar-refractivity contribution in [2.75, 3.05) is 5.73 Å². The molecule has 0 atom stereocenters. The second-order valence-electron chi connectivity index (χ2n) is 5.72. The molecule has 4 aromatic rings. The zero-order chi connectivity index (χ0) is 20.7. The molecule has 10 nitrogen and oxygen atoms in total. The van der Waals surface area contributed by atoms with Gasteiger partial charge in [0.15, 0.2) is 11.2 Å². The van der Waals surface area contributed by atoms with Crippen LogP contribution in [0.4, 0.5) is 11.4 Å². The molecule has 2 aromatic heterocycles. The third kappa shape index (κ3) is 3.35. The maximum atomic E-state index is 11.1. The quantitative estimate of drug-likeness (QED) is 0.280. The molecule has 0 aliphatic carbocycles. The highest BCUT2D eigenvalue weighted by molar-refractivity contribution is 6.34. The number of nitrogens with two attached hydrogens (primary N) is 1. The van der Waals surface area contributed by atoms with Crippen LogP contribution in [-0.2, 0) is 14.1 Å². The molecule has 0 aliphatic heterocycles. The third-order valence-electron chi connectivity index (χ3n) is 3.97. The molecule has 0 unspecified atom stereocenters. The molecule has 28 heavy (non-hydrogen) atoms. The standard InChI is InChI=1S/C8H5ClN2O4.C8H7ClN2O2/c1-10-6-2-4(9)5(11(13)14)3-7(6)15-8(10)12;1-11-6-2-4(9)5(10)3-7(6)13-8(11)12/h2-3H,1H3;2-3H,10H2,1H3. The minimum absolute atomic E-state index is 0.0242. The van der Waals surface area contributed by atoms with E-state index < -0.39 is 16.4 Å². The van der Waals surface area contributed by atoms with E-state index in [1.807, 2.05) is 0 Å². The second kappa shape index (κ2) is 7.06. The number of nitrogens with zero attached hydrogens (tertiary/aromatic N) is 3. The molecule has 2 heterocycles. The van der Waals surface area contributed by atoms with E-state index in [0.29, 0.717) is 27.3 Å². The third-order valence-corrected chi connectivity index (χ3v) is 4.60. The lowest BCUT2D eigenvalue weighted by atomic mass is 10.3. The van der Waals surface area contributed by atoms with Crippen molar-refractivity contribution in [3.05, 3.63) is 65.5 Å². The van der Waals surface area contributed by atoms with Gasteiger partial charge in [0.1, 0.15) is 5.02 Å². The lowest BCUT2D eigenvalue weighted by Crippen LogP contribution is -2.08. The van der Waals surface area contributed by atoms with Crippen molar-refractivity contribution in [3.8, 4) is 0 Å². The molecule has 0 radical (unpaired) electrons. The first-order valence-corrected chi connectivity index (χ1v) is 8.33. The Hall–Kier alpha value is -3.24. The van der Waals surface area contributed by atoms with Crippen LogP contribution in [0.1, 0.15) is 0 Å². The summed E-state index contributed by atoms with van der Waals surface area (Å²) in [4.78, 5) is 32.1. The monoisotopic (exact) mass is 426 g/mol. The van der Waals surface area contributed by atoms with Crippen molar-refractivity contribution in [1.29, 1.82) is 0 Å². The van der Waals surface area contributed by atoms with Crippen molar-refractivity contribution in [1.82, 2.24) is 9.13 Å². The Labute approximate surface area is 165 Å². The molecule has 0 spiro atoms. The van der Waals surface area contributed by atoms with Gasteiger partial charge in [-0.1, -0.05) is 23.2 Å². The molecule has 0 saturated heterocycles. The smallest absolute Gasteiger partial charge is 0.408 e. The molecular formula is C16H12Cl2N4O6. The molecule has 146 valence electrons. The molecular weight excluding hydrogens is 415 g/mol. The Balaban J connectivity index is 0.000000162. The van der Waals surface area contributed by atoms with Crippen LogP contribution < -0.4 is 17.2 Å². The van der Waals surface area contributed by atoms with E-state index in [1.54, 1.807) is 19.2 Å². The number of aryl methyl sites for hydroxylation is 2. The highest BCUT2D eigenvalue weighted by Gasteiger charge is 2.17. The second-order valence-corrected chi connectivity index (χ2v) is 6.54. The Morgan fingerprint density at radius 2 is 1.39 bits per heavy atom. The zero-order valence-corrected chi connectivity index (χ0v) is 15.9. The minimum atomic E-state index is -0.630. The predicted molar refractivity (Wildman–Crippen MR) is 104 cm³/mol. The van der Waals surface area contributed by atoms with Gasteiger partial charge in [-0.15, -0.1) is 0 Å². The topological polar surface area (TPSA) is 139 Å². The number of hydrogen-bond acceptors (Lipinski definition) is 7. The van der Waals surface area contributed by atoms with Gasteiger partial charge in [-0.25, -0.2) is 9.59 Å². The molecule has 4 rings (SSSR count). The molecule has 0 bridgehead atoms. The summed E-state index contributed by atoms with van der Waals surface area (Å²) in [5.74, 6) is -1.00. The summed E-state index contributed by atoms with van der Waals surface area (Å²) in [6, 6.07) is 5.62. The summed E-state index contributed by atoms with van der Waals surface area (Å²) in [5.41, 5.74) is 7.34. The highest BCUT2D eigenvalue weighted by Crippen LogP contribution is 2.29. The lowest BCUT2D eigenvalue weighted by molar-refractivity contribution is -0.384. The number of nitrogen functional groups attached to an aromatic ring is 1. The molecule has 0 fully saturated rings. The van der Waals surface area contributed by atoms with Crippen LogP contribution in [0.25, 0.3) is 22.2 Å². The maximum absolute atomic E-state index is 11.1. The van der Waals surface area contributed by atoms with Crippen LogP contribution in [0, 0.1) is 10.1 Å². The Morgan fingerprint density at radius 1 is 0.929 bits per heavy atom. The average Bonchev–Trinajstić information content (AvgIpc) is 3.05. The number of rotatable bonds is 1. The van der Waals surface area contributed by atoms with Crippen LogP contribution in [0.3, 0.4) is 0 Å². The molecule has 0 amide bonds. The highest BCUT2D eigenvalue weighted by atomic mass is 35.5. The number of benzene rings is 2. The van der Waals surface area contributed by atoms with Gasteiger partial charge in [-0.2, -0.15) is 0 Å². The van der Waals surface area contributed by atoms with Crippen LogP contribution in [-0.4, -0.2) is 14.1 Å². The summed E-state index contributed by atoms with van der Waals surface area (Å²) in [6.45, 7) is 0. The van der Waals surface area contributed by atoms with Gasteiger partial charge in [-0.05, 0) is 12.1 Å². The van der Waals surface area contributed by atoms with Crippen LogP contribution >= 0.6 is 23.2 Å². The number of nitro benzene ring substituents is 1. The Kier molecular flexibility index (Phi) is 4.92. The summed E-state index contributed by atoms with van der Waals surface area (Å²) in [6.07, 6.45) is 0. The SMILES string of the molecule is Cn1c(=O)oc2cc(N)c(Cl)cc21.Cn1c(=O)oc2cc([N+](=O)[O-])c(Cl)cc21. The largest absolute Gasteiger partial charge is 0.419 e. The van der Waals surface area contributed by atoms with E-state index in [2.05, 4.69) is 0 Å². The first-order valence-electron chi connectivity index (χ1n) is 7.58. The van der Waals surface area contributed by atoms with E-state index in [9.17, 15) is 19.7 Å². The molecule has 0 aliphatic rings. The fourth-order valence-electron chi connectivity index (χ4n) is 2.44. The predicted octanol–water partition coefficient (Wildman–Crippen LogP) is 3.06. The van der Waals surface area contributed by atoms with Crippen LogP contribution in [0.5, 0.6) is 0 Å². The van der Waals surface area contributed by atoms with Gasteiger partial charge in [0.25, 0.3) is 5.69 Å².